The third-order valence-electron chi connectivity index (χ3n) is 7.68. The van der Waals surface area contributed by atoms with Crippen LogP contribution in [0.25, 0.3) is 0 Å². The maximum absolute atomic E-state index is 12.1. The van der Waals surface area contributed by atoms with E-state index in [1.165, 1.54) is 0 Å². The minimum atomic E-state index is -0.681. The molecule has 4 fully saturated rings. The Bertz CT molecular complexity index is 790. The highest BCUT2D eigenvalue weighted by Gasteiger charge is 2.68. The van der Waals surface area contributed by atoms with Crippen LogP contribution in [0.15, 0.2) is 22.9 Å². The topological polar surface area (TPSA) is 77.5 Å². The number of piperidine rings is 1. The number of nitrogens with zero attached hydrogens (tertiary/aromatic N) is 1. The summed E-state index contributed by atoms with van der Waals surface area (Å²) in [5.74, 6) is 0.631. The van der Waals surface area contributed by atoms with Crippen molar-refractivity contribution in [3.8, 4) is 0 Å². The molecule has 29 heavy (non-hydrogen) atoms. The number of cyclic esters (lactones) is 1. The Morgan fingerprint density at radius 1 is 1.38 bits per heavy atom. The number of aliphatic hydroxyl groups excluding tert-OH is 1. The van der Waals surface area contributed by atoms with Crippen molar-refractivity contribution in [2.45, 2.75) is 83.0 Å². The molecule has 5 rings (SSSR count). The van der Waals surface area contributed by atoms with Gasteiger partial charge in [0, 0.05) is 24.4 Å². The van der Waals surface area contributed by atoms with E-state index in [0.29, 0.717) is 22.9 Å². The standard InChI is InChI=1S/C22H31NO6/c1-5-14(24)13-7-8-15-17-16-11(2)19(20-18(26-4)12(3)21(25)27-20)29-22(16,28-15)9-6-10-23(13)17/h11,13-17,24H,5-10H2,1-4H3/b20-19-/t11-,13+,14+,15-,16+,17-,22+/m0/s1. The Hall–Kier alpha value is -1.57. The van der Waals surface area contributed by atoms with Crippen LogP contribution in [0.5, 0.6) is 0 Å². The quantitative estimate of drug-likeness (QED) is 0.723. The summed E-state index contributed by atoms with van der Waals surface area (Å²) in [5.41, 5.74) is 0.466. The molecule has 2 bridgehead atoms. The molecule has 7 nitrogen and oxygen atoms in total. The van der Waals surface area contributed by atoms with Crippen molar-refractivity contribution in [2.75, 3.05) is 13.7 Å². The molecular formula is C22H31NO6. The molecule has 0 aromatic rings. The van der Waals surface area contributed by atoms with Crippen molar-refractivity contribution in [1.29, 1.82) is 0 Å². The molecule has 4 saturated heterocycles. The summed E-state index contributed by atoms with van der Waals surface area (Å²) in [5, 5.41) is 10.7. The van der Waals surface area contributed by atoms with Gasteiger partial charge in [-0.1, -0.05) is 13.8 Å². The molecular weight excluding hydrogens is 374 g/mol. The second-order valence-corrected chi connectivity index (χ2v) is 9.08. The van der Waals surface area contributed by atoms with Gasteiger partial charge in [0.2, 0.25) is 11.5 Å². The molecule has 0 aromatic carbocycles. The van der Waals surface area contributed by atoms with E-state index in [0.717, 1.165) is 38.6 Å². The first-order chi connectivity index (χ1) is 13.9. The van der Waals surface area contributed by atoms with Gasteiger partial charge < -0.3 is 24.1 Å². The second-order valence-electron chi connectivity index (χ2n) is 9.08. The van der Waals surface area contributed by atoms with Gasteiger partial charge in [-0.05, 0) is 39.2 Å². The van der Waals surface area contributed by atoms with Crippen molar-refractivity contribution in [2.24, 2.45) is 11.8 Å². The molecule has 7 atom stereocenters. The van der Waals surface area contributed by atoms with Gasteiger partial charge in [-0.2, -0.15) is 0 Å². The fourth-order valence-electron chi connectivity index (χ4n) is 6.40. The average Bonchev–Trinajstić information content (AvgIpc) is 3.23. The third kappa shape index (κ3) is 2.56. The average molecular weight is 405 g/mol. The van der Waals surface area contributed by atoms with Crippen LogP contribution < -0.4 is 0 Å². The lowest BCUT2D eigenvalue weighted by atomic mass is 9.77. The number of aliphatic hydroxyl groups is 1. The van der Waals surface area contributed by atoms with Crippen molar-refractivity contribution in [3.63, 3.8) is 0 Å². The van der Waals surface area contributed by atoms with Gasteiger partial charge in [-0.3, -0.25) is 4.90 Å². The van der Waals surface area contributed by atoms with Gasteiger partial charge in [0.15, 0.2) is 5.76 Å². The van der Waals surface area contributed by atoms with Crippen LogP contribution in [-0.4, -0.2) is 59.7 Å². The number of methoxy groups -OCH3 is 1. The summed E-state index contributed by atoms with van der Waals surface area (Å²) in [6, 6.07) is 0.377. The van der Waals surface area contributed by atoms with Gasteiger partial charge >= 0.3 is 5.97 Å². The zero-order valence-corrected chi connectivity index (χ0v) is 17.6. The number of allylic oxidation sites excluding steroid dienone is 1. The zero-order valence-electron chi connectivity index (χ0n) is 17.6. The first kappa shape index (κ1) is 19.4. The number of esters is 1. The number of ether oxygens (including phenoxy) is 4. The van der Waals surface area contributed by atoms with Gasteiger partial charge in [-0.25, -0.2) is 4.79 Å². The van der Waals surface area contributed by atoms with Crippen molar-refractivity contribution < 1.29 is 28.8 Å². The summed E-state index contributed by atoms with van der Waals surface area (Å²) in [4.78, 5) is 14.6. The Kier molecular flexibility index (Phi) is 4.50. The van der Waals surface area contributed by atoms with Gasteiger partial charge in [0.1, 0.15) is 5.76 Å². The molecule has 0 spiro atoms. The van der Waals surface area contributed by atoms with E-state index in [1.54, 1.807) is 14.0 Å². The van der Waals surface area contributed by atoms with Crippen LogP contribution >= 0.6 is 0 Å². The number of hydrogen-bond acceptors (Lipinski definition) is 7. The molecule has 7 heteroatoms. The van der Waals surface area contributed by atoms with Crippen LogP contribution in [0.3, 0.4) is 0 Å². The lowest BCUT2D eigenvalue weighted by Gasteiger charge is -2.46. The van der Waals surface area contributed by atoms with Crippen LogP contribution in [0.2, 0.25) is 0 Å². The fourth-order valence-corrected chi connectivity index (χ4v) is 6.40. The Balaban J connectivity index is 1.55. The van der Waals surface area contributed by atoms with Crippen molar-refractivity contribution >= 4 is 5.97 Å². The first-order valence-electron chi connectivity index (χ1n) is 10.9. The van der Waals surface area contributed by atoms with Crippen LogP contribution in [0.1, 0.15) is 52.9 Å². The minimum absolute atomic E-state index is 0.0296. The summed E-state index contributed by atoms with van der Waals surface area (Å²) >= 11 is 0. The normalized spacial score (nSPS) is 45.0. The summed E-state index contributed by atoms with van der Waals surface area (Å²) in [7, 11) is 1.55. The Morgan fingerprint density at radius 3 is 2.90 bits per heavy atom. The Labute approximate surface area is 171 Å². The van der Waals surface area contributed by atoms with Crippen molar-refractivity contribution in [3.05, 3.63) is 22.9 Å². The van der Waals surface area contributed by atoms with Crippen LogP contribution in [-0.2, 0) is 23.7 Å². The van der Waals surface area contributed by atoms with E-state index >= 15 is 0 Å². The number of carbonyl (C=O) groups is 1. The monoisotopic (exact) mass is 405 g/mol. The predicted octanol–water partition coefficient (Wildman–Crippen LogP) is 2.45. The molecule has 0 aliphatic carbocycles. The molecule has 5 aliphatic rings. The second kappa shape index (κ2) is 6.72. The lowest BCUT2D eigenvalue weighted by Crippen LogP contribution is -2.58. The third-order valence-corrected chi connectivity index (χ3v) is 7.68. The van der Waals surface area contributed by atoms with E-state index < -0.39 is 5.79 Å². The largest absolute Gasteiger partial charge is 0.492 e. The summed E-state index contributed by atoms with van der Waals surface area (Å²) in [6.07, 6.45) is 4.22. The number of rotatable bonds is 3. The smallest absolute Gasteiger partial charge is 0.343 e. The lowest BCUT2D eigenvalue weighted by molar-refractivity contribution is -0.213. The molecule has 0 saturated carbocycles. The zero-order chi connectivity index (χ0) is 20.5. The maximum Gasteiger partial charge on any atom is 0.343 e. The summed E-state index contributed by atoms with van der Waals surface area (Å²) in [6.45, 7) is 6.85. The van der Waals surface area contributed by atoms with Crippen molar-refractivity contribution in [1.82, 2.24) is 4.90 Å². The number of carbonyl (C=O) groups excluding carboxylic acids is 1. The van der Waals surface area contributed by atoms with E-state index in [2.05, 4.69) is 11.8 Å². The van der Waals surface area contributed by atoms with E-state index in [9.17, 15) is 9.90 Å². The Morgan fingerprint density at radius 2 is 2.17 bits per heavy atom. The summed E-state index contributed by atoms with van der Waals surface area (Å²) < 4.78 is 24.2. The minimum Gasteiger partial charge on any atom is -0.492 e. The number of hydrogen-bond donors (Lipinski definition) is 1. The van der Waals surface area contributed by atoms with E-state index in [-0.39, 0.29) is 42.1 Å². The molecule has 0 unspecified atom stereocenters. The molecule has 160 valence electrons. The molecule has 0 radical (unpaired) electrons. The molecule has 5 heterocycles. The van der Waals surface area contributed by atoms with Crippen LogP contribution in [0.4, 0.5) is 0 Å². The SMILES string of the molecule is CC[C@@H](O)[C@H]1CC[C@@H]2O[C@@]34CCCN1[C@@H]2[C@H]3[C@H](C)/C(=C1/OC(=O)C(C)=C1OC)O4. The molecule has 0 amide bonds. The highest BCUT2D eigenvalue weighted by atomic mass is 16.7. The molecule has 5 aliphatic heterocycles. The van der Waals surface area contributed by atoms with Gasteiger partial charge in [0.05, 0.1) is 30.8 Å². The fraction of sp³-hybridized carbons (Fsp3) is 0.773. The highest BCUT2D eigenvalue weighted by Crippen LogP contribution is 2.59. The molecule has 0 aromatic heterocycles. The van der Waals surface area contributed by atoms with Crippen LogP contribution in [0, 0.1) is 11.8 Å². The highest BCUT2D eigenvalue weighted by molar-refractivity contribution is 5.93. The van der Waals surface area contributed by atoms with E-state index in [4.69, 9.17) is 18.9 Å². The first-order valence-corrected chi connectivity index (χ1v) is 10.9. The van der Waals surface area contributed by atoms with Gasteiger partial charge in [0.25, 0.3) is 0 Å². The molecule has 1 N–H and O–H groups in total. The van der Waals surface area contributed by atoms with E-state index in [1.807, 2.05) is 6.92 Å². The maximum atomic E-state index is 12.1. The predicted molar refractivity (Wildman–Crippen MR) is 103 cm³/mol. The van der Waals surface area contributed by atoms with Gasteiger partial charge in [-0.15, -0.1) is 0 Å².